The number of nitrogens with zero attached hydrogens (tertiary/aromatic N) is 4. The Balaban J connectivity index is 1.70. The van der Waals surface area contributed by atoms with Gasteiger partial charge in [0.25, 0.3) is 5.69 Å². The van der Waals surface area contributed by atoms with Gasteiger partial charge in [-0.05, 0) is 17.7 Å². The summed E-state index contributed by atoms with van der Waals surface area (Å²) in [6, 6.07) is 20.0. The van der Waals surface area contributed by atoms with Gasteiger partial charge in [-0.25, -0.2) is 0 Å². The van der Waals surface area contributed by atoms with Crippen LogP contribution in [0.15, 0.2) is 93.0 Å². The number of hydrogen-bond acceptors (Lipinski definition) is 6. The van der Waals surface area contributed by atoms with Crippen LogP contribution >= 0.6 is 11.3 Å². The van der Waals surface area contributed by atoms with Crippen LogP contribution in [0.25, 0.3) is 11.3 Å². The monoisotopic (exact) mass is 404 g/mol. The molecule has 4 aromatic rings. The minimum absolute atomic E-state index is 0.0179. The van der Waals surface area contributed by atoms with Crippen LogP contribution in [0, 0.1) is 10.1 Å². The zero-order valence-corrected chi connectivity index (χ0v) is 16.0. The van der Waals surface area contributed by atoms with E-state index in [-0.39, 0.29) is 5.69 Å². The quantitative estimate of drug-likeness (QED) is 0.265. The molecule has 0 bridgehead atoms. The van der Waals surface area contributed by atoms with E-state index in [9.17, 15) is 10.1 Å². The van der Waals surface area contributed by atoms with Crippen LogP contribution in [0.3, 0.4) is 0 Å². The summed E-state index contributed by atoms with van der Waals surface area (Å²) in [6.45, 7) is 0.520. The molecular weight excluding hydrogens is 388 g/mol. The molecule has 0 aliphatic heterocycles. The maximum Gasteiger partial charge on any atom is 0.270 e. The van der Waals surface area contributed by atoms with Gasteiger partial charge in [-0.3, -0.25) is 10.1 Å². The molecule has 7 nitrogen and oxygen atoms in total. The predicted molar refractivity (Wildman–Crippen MR) is 112 cm³/mol. The van der Waals surface area contributed by atoms with E-state index in [1.807, 2.05) is 52.4 Å². The summed E-state index contributed by atoms with van der Waals surface area (Å²) in [5.74, 6) is 0.810. The molecule has 8 heteroatoms. The number of nitro benzene ring substituents is 1. The highest BCUT2D eigenvalue weighted by Crippen LogP contribution is 2.21. The highest BCUT2D eigenvalue weighted by atomic mass is 32.1. The Morgan fingerprint density at radius 3 is 2.72 bits per heavy atom. The summed E-state index contributed by atoms with van der Waals surface area (Å²) in [6.07, 6.45) is 3.15. The van der Waals surface area contributed by atoms with Gasteiger partial charge in [0.2, 0.25) is 4.80 Å². The van der Waals surface area contributed by atoms with Crippen LogP contribution in [0.5, 0.6) is 0 Å². The van der Waals surface area contributed by atoms with Crippen molar-refractivity contribution in [3.05, 3.63) is 105 Å². The molecule has 144 valence electrons. The predicted octanol–water partition coefficient (Wildman–Crippen LogP) is 4.70. The van der Waals surface area contributed by atoms with Crippen LogP contribution in [-0.4, -0.2) is 15.7 Å². The molecule has 0 atom stereocenters. The van der Waals surface area contributed by atoms with Gasteiger partial charge in [-0.15, -0.1) is 16.4 Å². The molecule has 29 heavy (non-hydrogen) atoms. The average Bonchev–Trinajstić information content (AvgIpc) is 3.40. The van der Waals surface area contributed by atoms with Gasteiger partial charge in [-0.1, -0.05) is 42.5 Å². The summed E-state index contributed by atoms with van der Waals surface area (Å²) >= 11 is 1.47. The number of rotatable bonds is 6. The Morgan fingerprint density at radius 2 is 1.97 bits per heavy atom. The van der Waals surface area contributed by atoms with Gasteiger partial charge in [0.1, 0.15) is 5.76 Å². The molecular formula is C21H16N4O3S. The molecule has 0 unspecified atom stereocenters. The fourth-order valence-electron chi connectivity index (χ4n) is 2.82. The second-order valence-electron chi connectivity index (χ2n) is 6.13. The summed E-state index contributed by atoms with van der Waals surface area (Å²) in [5.41, 5.74) is 2.71. The van der Waals surface area contributed by atoms with E-state index in [2.05, 4.69) is 10.2 Å². The largest absolute Gasteiger partial charge is 0.467 e. The summed E-state index contributed by atoms with van der Waals surface area (Å²) in [5, 5.41) is 21.4. The number of benzene rings is 2. The lowest BCUT2D eigenvalue weighted by Gasteiger charge is -2.07. The van der Waals surface area contributed by atoms with Crippen LogP contribution in [0.2, 0.25) is 0 Å². The average molecular weight is 404 g/mol. The molecule has 0 saturated heterocycles. The molecule has 0 aliphatic rings. The van der Waals surface area contributed by atoms with Crippen molar-refractivity contribution in [3.63, 3.8) is 0 Å². The summed E-state index contributed by atoms with van der Waals surface area (Å²) < 4.78 is 7.53. The van der Waals surface area contributed by atoms with E-state index in [0.717, 1.165) is 17.0 Å². The van der Waals surface area contributed by atoms with E-state index in [1.54, 1.807) is 18.4 Å². The van der Waals surface area contributed by atoms with Crippen molar-refractivity contribution in [2.75, 3.05) is 0 Å². The SMILES string of the molecule is O=[N+]([O-])c1cccc(/C=N\N=c2\scc(-c3ccccc3)n2Cc2ccco2)c1. The maximum absolute atomic E-state index is 10.9. The van der Waals surface area contributed by atoms with Gasteiger partial charge in [-0.2, -0.15) is 5.10 Å². The number of furan rings is 1. The molecule has 2 aromatic carbocycles. The molecule has 2 aromatic heterocycles. The van der Waals surface area contributed by atoms with Crippen molar-refractivity contribution in [3.8, 4) is 11.3 Å². The summed E-state index contributed by atoms with van der Waals surface area (Å²) in [4.78, 5) is 11.2. The molecule has 0 saturated carbocycles. The Hall–Kier alpha value is -3.78. The highest BCUT2D eigenvalue weighted by Gasteiger charge is 2.10. The standard InChI is InChI=1S/C21H16N4O3S/c26-25(27)18-9-4-6-16(12-18)13-22-23-21-24(14-19-10-5-11-28-19)20(15-29-21)17-7-2-1-3-8-17/h1-13,15H,14H2/b22-13-,23-21+. The molecule has 0 radical (unpaired) electrons. The van der Waals surface area contributed by atoms with Gasteiger partial charge < -0.3 is 8.98 Å². The first-order valence-corrected chi connectivity index (χ1v) is 9.66. The highest BCUT2D eigenvalue weighted by molar-refractivity contribution is 7.07. The number of nitro groups is 1. The second kappa shape index (κ2) is 8.49. The lowest BCUT2D eigenvalue weighted by atomic mass is 10.2. The third-order valence-corrected chi connectivity index (χ3v) is 5.05. The van der Waals surface area contributed by atoms with E-state index in [0.29, 0.717) is 16.9 Å². The van der Waals surface area contributed by atoms with Crippen LogP contribution in [-0.2, 0) is 6.54 Å². The van der Waals surface area contributed by atoms with E-state index >= 15 is 0 Å². The second-order valence-corrected chi connectivity index (χ2v) is 6.97. The van der Waals surface area contributed by atoms with Crippen LogP contribution < -0.4 is 4.80 Å². The van der Waals surface area contributed by atoms with Crippen LogP contribution in [0.4, 0.5) is 5.69 Å². The lowest BCUT2D eigenvalue weighted by molar-refractivity contribution is -0.384. The third-order valence-electron chi connectivity index (χ3n) is 4.19. The first kappa shape index (κ1) is 18.6. The zero-order valence-electron chi connectivity index (χ0n) is 15.2. The minimum Gasteiger partial charge on any atom is -0.467 e. The van der Waals surface area contributed by atoms with E-state index in [4.69, 9.17) is 4.42 Å². The molecule has 0 N–H and O–H groups in total. The molecule has 4 rings (SSSR count). The number of aromatic nitrogens is 1. The Labute approximate surface area is 170 Å². The van der Waals surface area contributed by atoms with Gasteiger partial charge in [0, 0.05) is 23.1 Å². The van der Waals surface area contributed by atoms with Crippen molar-refractivity contribution in [1.29, 1.82) is 0 Å². The molecule has 0 fully saturated rings. The van der Waals surface area contributed by atoms with Crippen molar-refractivity contribution >= 4 is 23.2 Å². The fourth-order valence-corrected chi connectivity index (χ4v) is 3.69. The molecule has 0 spiro atoms. The van der Waals surface area contributed by atoms with Crippen molar-refractivity contribution in [2.24, 2.45) is 10.2 Å². The van der Waals surface area contributed by atoms with Gasteiger partial charge in [0.15, 0.2) is 0 Å². The van der Waals surface area contributed by atoms with Gasteiger partial charge in [0.05, 0.1) is 29.6 Å². The first-order valence-electron chi connectivity index (χ1n) is 8.78. The topological polar surface area (TPSA) is 85.9 Å². The molecule has 2 heterocycles. The molecule has 0 aliphatic carbocycles. The summed E-state index contributed by atoms with van der Waals surface area (Å²) in [7, 11) is 0. The van der Waals surface area contributed by atoms with Crippen molar-refractivity contribution in [1.82, 2.24) is 4.57 Å². The van der Waals surface area contributed by atoms with E-state index < -0.39 is 4.92 Å². The van der Waals surface area contributed by atoms with E-state index in [1.165, 1.54) is 29.7 Å². The lowest BCUT2D eigenvalue weighted by Crippen LogP contribution is -2.16. The normalized spacial score (nSPS) is 11.9. The van der Waals surface area contributed by atoms with Crippen LogP contribution in [0.1, 0.15) is 11.3 Å². The van der Waals surface area contributed by atoms with Gasteiger partial charge >= 0.3 is 0 Å². The zero-order chi connectivity index (χ0) is 20.1. The molecule has 0 amide bonds. The smallest absolute Gasteiger partial charge is 0.270 e. The maximum atomic E-state index is 10.9. The van der Waals surface area contributed by atoms with Crippen molar-refractivity contribution in [2.45, 2.75) is 6.54 Å². The number of hydrogen-bond donors (Lipinski definition) is 0. The minimum atomic E-state index is -0.433. The number of thiazole rings is 1. The number of non-ortho nitro benzene ring substituents is 1. The Morgan fingerprint density at radius 1 is 1.10 bits per heavy atom. The first-order chi connectivity index (χ1) is 14.2. The van der Waals surface area contributed by atoms with Crippen molar-refractivity contribution < 1.29 is 9.34 Å². The Kier molecular flexibility index (Phi) is 5.44. The fraction of sp³-hybridized carbons (Fsp3) is 0.0476. The third kappa shape index (κ3) is 4.39. The Bertz CT molecular complexity index is 1210.